The Kier molecular flexibility index (Phi) is 2.32. The predicted molar refractivity (Wildman–Crippen MR) is 35.0 cm³/mol. The smallest absolute Gasteiger partial charge is 0.293 e. The third kappa shape index (κ3) is 1.84. The normalized spacial score (nSPS) is 10.0. The fourth-order valence-corrected chi connectivity index (χ4v) is 0.585. The maximum Gasteiger partial charge on any atom is 0.293 e. The van der Waals surface area contributed by atoms with Gasteiger partial charge in [0.2, 0.25) is 5.78 Å². The average Bonchev–Trinajstić information content (AvgIpc) is 2.37. The molecule has 1 aromatic heterocycles. The van der Waals surface area contributed by atoms with Crippen LogP contribution in [0.5, 0.6) is 0 Å². The second-order valence-corrected chi connectivity index (χ2v) is 2.00. The first kappa shape index (κ1) is 7.87. The van der Waals surface area contributed by atoms with Crippen molar-refractivity contribution in [3.05, 3.63) is 11.7 Å². The van der Waals surface area contributed by atoms with Crippen molar-refractivity contribution < 1.29 is 14.1 Å². The Morgan fingerprint density at radius 3 is 2.91 bits per heavy atom. The third-order valence-corrected chi connectivity index (χ3v) is 1.04. The molecule has 1 heterocycles. The first-order valence-corrected chi connectivity index (χ1v) is 3.06. The first-order chi connectivity index (χ1) is 5.24. The maximum absolute atomic E-state index is 10.6. The summed E-state index contributed by atoms with van der Waals surface area (Å²) in [7, 11) is 1.52. The Hall–Kier alpha value is -1.23. The van der Waals surface area contributed by atoms with Crippen LogP contribution in [-0.4, -0.2) is 23.0 Å². The number of Topliss-reactive ketones (excluding diaryl/α,β-unsaturated/α-hetero) is 1. The van der Waals surface area contributed by atoms with Crippen molar-refractivity contribution in [2.45, 2.75) is 13.5 Å². The van der Waals surface area contributed by atoms with Gasteiger partial charge in [0.15, 0.2) is 5.82 Å². The number of hydrogen-bond acceptors (Lipinski definition) is 5. The van der Waals surface area contributed by atoms with E-state index in [2.05, 4.69) is 14.7 Å². The van der Waals surface area contributed by atoms with Gasteiger partial charge in [0.1, 0.15) is 6.61 Å². The number of carbonyl (C=O) groups excluding carboxylic acids is 1. The van der Waals surface area contributed by atoms with Gasteiger partial charge in [0.05, 0.1) is 0 Å². The second-order valence-electron chi connectivity index (χ2n) is 2.00. The zero-order valence-electron chi connectivity index (χ0n) is 6.33. The second kappa shape index (κ2) is 3.25. The van der Waals surface area contributed by atoms with E-state index >= 15 is 0 Å². The van der Waals surface area contributed by atoms with Gasteiger partial charge in [-0.05, 0) is 0 Å². The Labute approximate surface area is 63.4 Å². The van der Waals surface area contributed by atoms with E-state index in [9.17, 15) is 4.79 Å². The molecule has 0 atom stereocenters. The minimum Gasteiger partial charge on any atom is -0.377 e. The van der Waals surface area contributed by atoms with Crippen molar-refractivity contribution in [1.82, 2.24) is 10.1 Å². The molecule has 60 valence electrons. The highest BCUT2D eigenvalue weighted by atomic mass is 16.5. The fourth-order valence-electron chi connectivity index (χ4n) is 0.585. The molecule has 0 aromatic carbocycles. The molecular formula is C6H8N2O3. The zero-order chi connectivity index (χ0) is 8.27. The molecule has 0 bridgehead atoms. The molecule has 0 amide bonds. The van der Waals surface area contributed by atoms with Crippen molar-refractivity contribution in [2.24, 2.45) is 0 Å². The Balaban J connectivity index is 2.73. The molecule has 0 radical (unpaired) electrons. The lowest BCUT2D eigenvalue weighted by atomic mass is 10.4. The molecule has 0 aliphatic carbocycles. The van der Waals surface area contributed by atoms with Crippen LogP contribution in [0, 0.1) is 0 Å². The van der Waals surface area contributed by atoms with E-state index in [0.717, 1.165) is 0 Å². The standard InChI is InChI=1S/C6H8N2O3/c1-4(9)6-7-5(3-10-2)8-11-6/h3H2,1-2H3. The van der Waals surface area contributed by atoms with Crippen LogP contribution < -0.4 is 0 Å². The van der Waals surface area contributed by atoms with Crippen LogP contribution in [0.2, 0.25) is 0 Å². The number of aromatic nitrogens is 2. The topological polar surface area (TPSA) is 65.2 Å². The highest BCUT2D eigenvalue weighted by molar-refractivity contribution is 5.89. The molecule has 0 aliphatic heterocycles. The summed E-state index contributed by atoms with van der Waals surface area (Å²) in [4.78, 5) is 14.4. The van der Waals surface area contributed by atoms with Gasteiger partial charge < -0.3 is 9.26 Å². The predicted octanol–water partition coefficient (Wildman–Crippen LogP) is 0.419. The van der Waals surface area contributed by atoms with Crippen LogP contribution in [0.4, 0.5) is 0 Å². The molecule has 1 aromatic rings. The van der Waals surface area contributed by atoms with Gasteiger partial charge >= 0.3 is 0 Å². The van der Waals surface area contributed by atoms with Crippen LogP contribution in [-0.2, 0) is 11.3 Å². The Morgan fingerprint density at radius 1 is 1.73 bits per heavy atom. The van der Waals surface area contributed by atoms with Crippen molar-refractivity contribution in [3.63, 3.8) is 0 Å². The van der Waals surface area contributed by atoms with Crippen LogP contribution in [0.25, 0.3) is 0 Å². The molecule has 0 fully saturated rings. The van der Waals surface area contributed by atoms with E-state index < -0.39 is 0 Å². The Morgan fingerprint density at radius 2 is 2.45 bits per heavy atom. The molecule has 1 rings (SSSR count). The quantitative estimate of drug-likeness (QED) is 0.593. The van der Waals surface area contributed by atoms with Crippen molar-refractivity contribution in [1.29, 1.82) is 0 Å². The molecule has 0 unspecified atom stereocenters. The van der Waals surface area contributed by atoms with Crippen LogP contribution in [0.15, 0.2) is 4.52 Å². The number of nitrogens with zero attached hydrogens (tertiary/aromatic N) is 2. The first-order valence-electron chi connectivity index (χ1n) is 3.06. The minimum absolute atomic E-state index is 0.0250. The summed E-state index contributed by atoms with van der Waals surface area (Å²) in [6, 6.07) is 0. The summed E-state index contributed by atoms with van der Waals surface area (Å²) in [5, 5.41) is 3.50. The maximum atomic E-state index is 10.6. The summed E-state index contributed by atoms with van der Waals surface area (Å²) in [6.45, 7) is 1.63. The summed E-state index contributed by atoms with van der Waals surface area (Å²) < 4.78 is 9.31. The SMILES string of the molecule is COCc1noc(C(C)=O)n1. The number of rotatable bonds is 3. The van der Waals surface area contributed by atoms with Crippen molar-refractivity contribution in [2.75, 3.05) is 7.11 Å². The van der Waals surface area contributed by atoms with Crippen LogP contribution >= 0.6 is 0 Å². The summed E-state index contributed by atoms with van der Waals surface area (Å²) >= 11 is 0. The minimum atomic E-state index is -0.236. The molecular weight excluding hydrogens is 148 g/mol. The van der Waals surface area contributed by atoms with E-state index in [4.69, 9.17) is 4.74 Å². The molecule has 0 aliphatic rings. The van der Waals surface area contributed by atoms with E-state index in [0.29, 0.717) is 5.82 Å². The Bertz CT molecular complexity index is 256. The van der Waals surface area contributed by atoms with Crippen molar-refractivity contribution >= 4 is 5.78 Å². The number of ketones is 1. The van der Waals surface area contributed by atoms with Gasteiger partial charge in [0.25, 0.3) is 5.89 Å². The van der Waals surface area contributed by atoms with E-state index in [1.807, 2.05) is 0 Å². The monoisotopic (exact) mass is 156 g/mol. The highest BCUT2D eigenvalue weighted by Gasteiger charge is 2.08. The highest BCUT2D eigenvalue weighted by Crippen LogP contribution is 1.98. The lowest BCUT2D eigenvalue weighted by Crippen LogP contribution is -1.93. The zero-order valence-corrected chi connectivity index (χ0v) is 6.33. The van der Waals surface area contributed by atoms with Gasteiger partial charge in [-0.2, -0.15) is 4.98 Å². The molecule has 0 N–H and O–H groups in total. The van der Waals surface area contributed by atoms with E-state index in [1.165, 1.54) is 14.0 Å². The van der Waals surface area contributed by atoms with Crippen molar-refractivity contribution in [3.8, 4) is 0 Å². The largest absolute Gasteiger partial charge is 0.377 e. The molecule has 11 heavy (non-hydrogen) atoms. The van der Waals surface area contributed by atoms with E-state index in [1.54, 1.807) is 0 Å². The number of carbonyl (C=O) groups is 1. The summed E-state index contributed by atoms with van der Waals surface area (Å²) in [6.07, 6.45) is 0. The van der Waals surface area contributed by atoms with Gasteiger partial charge in [-0.1, -0.05) is 5.16 Å². The summed E-state index contributed by atoms with van der Waals surface area (Å²) in [5.41, 5.74) is 0. The average molecular weight is 156 g/mol. The molecule has 0 saturated carbocycles. The molecule has 5 heteroatoms. The lowest BCUT2D eigenvalue weighted by Gasteiger charge is -1.85. The summed E-state index contributed by atoms with van der Waals surface area (Å²) in [5.74, 6) is 0.176. The van der Waals surface area contributed by atoms with Gasteiger partial charge in [-0.3, -0.25) is 4.79 Å². The van der Waals surface area contributed by atoms with Gasteiger partial charge in [-0.15, -0.1) is 0 Å². The molecule has 5 nitrogen and oxygen atoms in total. The van der Waals surface area contributed by atoms with Gasteiger partial charge in [-0.25, -0.2) is 0 Å². The third-order valence-electron chi connectivity index (χ3n) is 1.04. The number of hydrogen-bond donors (Lipinski definition) is 0. The molecule has 0 saturated heterocycles. The van der Waals surface area contributed by atoms with Crippen LogP contribution in [0.3, 0.4) is 0 Å². The van der Waals surface area contributed by atoms with Gasteiger partial charge in [0, 0.05) is 14.0 Å². The lowest BCUT2D eigenvalue weighted by molar-refractivity contribution is 0.0972. The van der Waals surface area contributed by atoms with Crippen LogP contribution in [0.1, 0.15) is 23.4 Å². The fraction of sp³-hybridized carbons (Fsp3) is 0.500. The number of ether oxygens (including phenoxy) is 1. The van der Waals surface area contributed by atoms with E-state index in [-0.39, 0.29) is 18.3 Å². The number of methoxy groups -OCH3 is 1. The molecule has 0 spiro atoms.